The van der Waals surface area contributed by atoms with Crippen LogP contribution in [0.3, 0.4) is 0 Å². The quantitative estimate of drug-likeness (QED) is 0.856. The summed E-state index contributed by atoms with van der Waals surface area (Å²) in [7, 11) is 3.48. The van der Waals surface area contributed by atoms with Gasteiger partial charge in [-0.05, 0) is 36.6 Å². The molecule has 108 valence electrons. The molecule has 4 nitrogen and oxygen atoms in total. The minimum Gasteiger partial charge on any atom is -0.313 e. The van der Waals surface area contributed by atoms with E-state index in [1.54, 1.807) is 7.05 Å². The summed E-state index contributed by atoms with van der Waals surface area (Å²) in [6.45, 7) is 4.36. The van der Waals surface area contributed by atoms with Crippen LogP contribution in [0.2, 0.25) is 0 Å². The van der Waals surface area contributed by atoms with Gasteiger partial charge in [-0.25, -0.2) is 0 Å². The first-order valence-electron chi connectivity index (χ1n) is 7.05. The van der Waals surface area contributed by atoms with Crippen molar-refractivity contribution in [2.75, 3.05) is 14.1 Å². The van der Waals surface area contributed by atoms with E-state index in [2.05, 4.69) is 19.2 Å². The fourth-order valence-electron chi connectivity index (χ4n) is 2.63. The van der Waals surface area contributed by atoms with Crippen molar-refractivity contribution >= 4 is 11.8 Å². The van der Waals surface area contributed by atoms with Crippen molar-refractivity contribution < 1.29 is 9.59 Å². The molecule has 2 amide bonds. The van der Waals surface area contributed by atoms with Gasteiger partial charge in [-0.3, -0.25) is 14.5 Å². The number of hydrogen-bond donors (Lipinski definition) is 1. The van der Waals surface area contributed by atoms with E-state index in [-0.39, 0.29) is 17.9 Å². The smallest absolute Gasteiger partial charge is 0.260 e. The first-order valence-corrected chi connectivity index (χ1v) is 7.05. The van der Waals surface area contributed by atoms with Crippen LogP contribution >= 0.6 is 0 Å². The van der Waals surface area contributed by atoms with Gasteiger partial charge < -0.3 is 5.32 Å². The number of likely N-dealkylation sites (N-methyl/N-ethyl adjacent to an activating group) is 1. The Balaban J connectivity index is 2.36. The Bertz CT molecular complexity index is 537. The van der Waals surface area contributed by atoms with Crippen LogP contribution in [0.15, 0.2) is 18.2 Å². The predicted molar refractivity (Wildman–Crippen MR) is 78.5 cm³/mol. The van der Waals surface area contributed by atoms with Crippen molar-refractivity contribution in [1.82, 2.24) is 10.2 Å². The van der Waals surface area contributed by atoms with E-state index >= 15 is 0 Å². The Kier molecular flexibility index (Phi) is 4.23. The predicted octanol–water partition coefficient (Wildman–Crippen LogP) is 2.15. The third-order valence-corrected chi connectivity index (χ3v) is 3.84. The van der Waals surface area contributed by atoms with E-state index in [1.165, 1.54) is 4.90 Å². The van der Waals surface area contributed by atoms with Gasteiger partial charge in [0.25, 0.3) is 5.91 Å². The van der Waals surface area contributed by atoms with Crippen LogP contribution in [-0.4, -0.2) is 30.8 Å². The summed E-state index contributed by atoms with van der Waals surface area (Å²) in [4.78, 5) is 25.1. The third kappa shape index (κ3) is 2.75. The van der Waals surface area contributed by atoms with Crippen LogP contribution in [0.4, 0.5) is 0 Å². The number of imide groups is 1. The second-order valence-corrected chi connectivity index (χ2v) is 5.82. The third-order valence-electron chi connectivity index (χ3n) is 3.84. The molecule has 0 aliphatic carbocycles. The maximum Gasteiger partial charge on any atom is 0.260 e. The first-order chi connectivity index (χ1) is 9.43. The Hall–Kier alpha value is -1.68. The zero-order valence-electron chi connectivity index (χ0n) is 12.6. The SMILES string of the molecule is CNC(CC(C)C)c1ccc2c(c1)C(=O)N(C)C(=O)C2. The molecule has 1 N–H and O–H groups in total. The lowest BCUT2D eigenvalue weighted by Crippen LogP contribution is -2.39. The topological polar surface area (TPSA) is 49.4 Å². The summed E-state index contributed by atoms with van der Waals surface area (Å²) >= 11 is 0. The average molecular weight is 274 g/mol. The first kappa shape index (κ1) is 14.7. The molecular formula is C16H22N2O2. The molecule has 1 aliphatic rings. The van der Waals surface area contributed by atoms with Crippen molar-refractivity contribution in [2.24, 2.45) is 5.92 Å². The summed E-state index contributed by atoms with van der Waals surface area (Å²) in [6.07, 6.45) is 1.32. The van der Waals surface area contributed by atoms with Gasteiger partial charge >= 0.3 is 0 Å². The molecule has 1 aromatic rings. The minimum absolute atomic E-state index is 0.136. The Morgan fingerprint density at radius 2 is 2.00 bits per heavy atom. The second kappa shape index (κ2) is 5.75. The molecule has 1 atom stereocenters. The van der Waals surface area contributed by atoms with Gasteiger partial charge in [-0.2, -0.15) is 0 Å². The van der Waals surface area contributed by atoms with E-state index in [0.717, 1.165) is 17.5 Å². The molecule has 2 rings (SSSR count). The summed E-state index contributed by atoms with van der Waals surface area (Å²) < 4.78 is 0. The van der Waals surface area contributed by atoms with Crippen LogP contribution in [0.1, 0.15) is 47.8 Å². The van der Waals surface area contributed by atoms with Gasteiger partial charge in [-0.15, -0.1) is 0 Å². The zero-order valence-corrected chi connectivity index (χ0v) is 12.6. The summed E-state index contributed by atoms with van der Waals surface area (Å²) in [5, 5.41) is 3.30. The molecule has 0 spiro atoms. The van der Waals surface area contributed by atoms with Crippen LogP contribution in [0, 0.1) is 5.92 Å². The molecule has 20 heavy (non-hydrogen) atoms. The standard InChI is InChI=1S/C16H22N2O2/c1-10(2)7-14(17-3)12-6-5-11-9-15(19)18(4)16(20)13(11)8-12/h5-6,8,10,14,17H,7,9H2,1-4H3. The lowest BCUT2D eigenvalue weighted by molar-refractivity contribution is -0.127. The highest BCUT2D eigenvalue weighted by atomic mass is 16.2. The van der Waals surface area contributed by atoms with E-state index < -0.39 is 0 Å². The van der Waals surface area contributed by atoms with Crippen molar-refractivity contribution in [1.29, 1.82) is 0 Å². The number of fused-ring (bicyclic) bond motifs is 1. The molecule has 1 aromatic carbocycles. The Morgan fingerprint density at radius 3 is 2.60 bits per heavy atom. The van der Waals surface area contributed by atoms with Gasteiger partial charge in [0.05, 0.1) is 6.42 Å². The molecule has 0 bridgehead atoms. The molecule has 0 aromatic heterocycles. The van der Waals surface area contributed by atoms with Gasteiger partial charge in [0, 0.05) is 18.7 Å². The molecule has 1 unspecified atom stereocenters. The number of nitrogens with one attached hydrogen (secondary N) is 1. The van der Waals surface area contributed by atoms with Crippen molar-refractivity contribution in [2.45, 2.75) is 32.7 Å². The van der Waals surface area contributed by atoms with E-state index in [0.29, 0.717) is 17.9 Å². The van der Waals surface area contributed by atoms with Gasteiger partial charge in [0.15, 0.2) is 0 Å². The number of hydrogen-bond acceptors (Lipinski definition) is 3. The molecular weight excluding hydrogens is 252 g/mol. The molecule has 1 aliphatic heterocycles. The number of rotatable bonds is 4. The highest BCUT2D eigenvalue weighted by Gasteiger charge is 2.28. The molecule has 1 heterocycles. The highest BCUT2D eigenvalue weighted by molar-refractivity contribution is 6.09. The maximum atomic E-state index is 12.2. The monoisotopic (exact) mass is 274 g/mol. The molecule has 0 saturated heterocycles. The number of nitrogens with zero attached hydrogens (tertiary/aromatic N) is 1. The zero-order chi connectivity index (χ0) is 14.9. The van der Waals surface area contributed by atoms with Gasteiger partial charge in [0.2, 0.25) is 5.91 Å². The minimum atomic E-state index is -0.197. The number of benzene rings is 1. The average Bonchev–Trinajstić information content (AvgIpc) is 2.42. The van der Waals surface area contributed by atoms with Crippen LogP contribution < -0.4 is 5.32 Å². The van der Waals surface area contributed by atoms with E-state index in [1.807, 2.05) is 25.2 Å². The number of carbonyl (C=O) groups excluding carboxylic acids is 2. The van der Waals surface area contributed by atoms with Gasteiger partial charge in [0.1, 0.15) is 0 Å². The Labute approximate surface area is 120 Å². The molecule has 0 saturated carbocycles. The normalized spacial score (nSPS) is 16.6. The fourth-order valence-corrected chi connectivity index (χ4v) is 2.63. The summed E-state index contributed by atoms with van der Waals surface area (Å²) in [6, 6.07) is 6.10. The molecule has 0 fully saturated rings. The van der Waals surface area contributed by atoms with E-state index in [9.17, 15) is 9.59 Å². The van der Waals surface area contributed by atoms with E-state index in [4.69, 9.17) is 0 Å². The van der Waals surface area contributed by atoms with Crippen molar-refractivity contribution in [3.8, 4) is 0 Å². The summed E-state index contributed by atoms with van der Waals surface area (Å²) in [5.41, 5.74) is 2.60. The second-order valence-electron chi connectivity index (χ2n) is 5.82. The molecule has 0 radical (unpaired) electrons. The van der Waals surface area contributed by atoms with Crippen LogP contribution in [-0.2, 0) is 11.2 Å². The highest BCUT2D eigenvalue weighted by Crippen LogP contribution is 2.26. The number of carbonyl (C=O) groups is 2. The molecule has 4 heteroatoms. The lowest BCUT2D eigenvalue weighted by Gasteiger charge is -2.25. The maximum absolute atomic E-state index is 12.2. The summed E-state index contributed by atoms with van der Waals surface area (Å²) in [5.74, 6) is 0.239. The Morgan fingerprint density at radius 1 is 1.30 bits per heavy atom. The fraction of sp³-hybridized carbons (Fsp3) is 0.500. The van der Waals surface area contributed by atoms with Crippen molar-refractivity contribution in [3.63, 3.8) is 0 Å². The largest absolute Gasteiger partial charge is 0.313 e. The van der Waals surface area contributed by atoms with Crippen LogP contribution in [0.25, 0.3) is 0 Å². The van der Waals surface area contributed by atoms with Crippen molar-refractivity contribution in [3.05, 3.63) is 34.9 Å². The lowest BCUT2D eigenvalue weighted by atomic mass is 9.91. The van der Waals surface area contributed by atoms with Gasteiger partial charge in [-0.1, -0.05) is 26.0 Å². The van der Waals surface area contributed by atoms with Crippen LogP contribution in [0.5, 0.6) is 0 Å². The number of amides is 2.